The van der Waals surface area contributed by atoms with Crippen LogP contribution < -0.4 is 0 Å². The van der Waals surface area contributed by atoms with Crippen LogP contribution in [0.5, 0.6) is 0 Å². The lowest BCUT2D eigenvalue weighted by Crippen LogP contribution is -2.70. The predicted octanol–water partition coefficient (Wildman–Crippen LogP) is 7.43. The fourth-order valence-electron chi connectivity index (χ4n) is 5.37. The molecule has 3 unspecified atom stereocenters. The summed E-state index contributed by atoms with van der Waals surface area (Å²) in [6.45, 7) is 6.73. The maximum absolute atomic E-state index is 11.8. The Morgan fingerprint density at radius 3 is 1.16 bits per heavy atom. The number of allylic oxidation sites excluding steroid dienone is 2. The summed E-state index contributed by atoms with van der Waals surface area (Å²) in [5.74, 6) is -3.53. The molecule has 3 atom stereocenters. The highest BCUT2D eigenvalue weighted by Crippen LogP contribution is 2.27. The van der Waals surface area contributed by atoms with E-state index in [1.807, 2.05) is 0 Å². The highest BCUT2D eigenvalue weighted by Gasteiger charge is 2.52. The molecule has 0 fully saturated rings. The van der Waals surface area contributed by atoms with E-state index in [9.17, 15) is 29.7 Å². The lowest BCUT2D eigenvalue weighted by atomic mass is 10.00. The number of carboxylic acids is 3. The molecule has 7 nitrogen and oxygen atoms in total. The van der Waals surface area contributed by atoms with Crippen LogP contribution in [0.4, 0.5) is 0 Å². The normalized spacial score (nSPS) is 15.8. The van der Waals surface area contributed by atoms with Gasteiger partial charge in [0.15, 0.2) is 18.1 Å². The van der Waals surface area contributed by atoms with Gasteiger partial charge in [-0.05, 0) is 59.3 Å². The fraction of sp³-hybridized carbons (Fsp3) is 0.833. The molecule has 216 valence electrons. The molecule has 3 N–H and O–H groups in total. The first kappa shape index (κ1) is 35.1. The van der Waals surface area contributed by atoms with E-state index in [2.05, 4.69) is 19.1 Å². The van der Waals surface area contributed by atoms with Crippen LogP contribution in [0.1, 0.15) is 137 Å². The van der Waals surface area contributed by atoms with E-state index >= 15 is 0 Å². The Bertz CT molecular complexity index is 612. The zero-order valence-corrected chi connectivity index (χ0v) is 24.1. The second kappa shape index (κ2) is 21.1. The van der Waals surface area contributed by atoms with Crippen LogP contribution in [0.15, 0.2) is 12.2 Å². The maximum Gasteiger partial charge on any atom is 0.362 e. The molecule has 0 aliphatic rings. The van der Waals surface area contributed by atoms with E-state index in [0.717, 1.165) is 38.5 Å². The minimum Gasteiger partial charge on any atom is -0.477 e. The van der Waals surface area contributed by atoms with Crippen molar-refractivity contribution in [3.8, 4) is 0 Å². The predicted molar refractivity (Wildman–Crippen MR) is 150 cm³/mol. The molecule has 0 rings (SSSR count). The Labute approximate surface area is 225 Å². The number of carbonyl (C=O) groups is 3. The minimum atomic E-state index is -1.18. The van der Waals surface area contributed by atoms with Gasteiger partial charge in [0, 0.05) is 0 Å². The monoisotopic (exact) mass is 526 g/mol. The molecule has 0 saturated carbocycles. The average molecular weight is 527 g/mol. The Balaban J connectivity index is 4.19. The standard InChI is InChI=1S/C30H55NO6/c1-5-6-7-8-9-10-11-12-13-14-15-16-17-18-19-20-21-22-23-24-31(25(2)28(32)33,26(3)29(34)35)27(4)30(36)37/h16-17,25-27H,5-15,18-24H2,1-4H3,(H2-,32,33,34,35,36,37)/p+1/b17-16-. The third-order valence-electron chi connectivity index (χ3n) is 8.04. The molecule has 0 aliphatic carbocycles. The van der Waals surface area contributed by atoms with Gasteiger partial charge in [0.05, 0.1) is 6.54 Å². The summed E-state index contributed by atoms with van der Waals surface area (Å²) in [5.41, 5.74) is 0. The van der Waals surface area contributed by atoms with E-state index in [4.69, 9.17) is 0 Å². The van der Waals surface area contributed by atoms with Crippen molar-refractivity contribution >= 4 is 17.9 Å². The van der Waals surface area contributed by atoms with Gasteiger partial charge in [-0.1, -0.05) is 89.7 Å². The van der Waals surface area contributed by atoms with Gasteiger partial charge in [0.25, 0.3) is 0 Å². The lowest BCUT2D eigenvalue weighted by Gasteiger charge is -2.47. The molecular formula is C30H56NO6+. The van der Waals surface area contributed by atoms with Gasteiger partial charge >= 0.3 is 17.9 Å². The summed E-state index contributed by atoms with van der Waals surface area (Å²) in [4.78, 5) is 35.4. The fourth-order valence-corrected chi connectivity index (χ4v) is 5.37. The van der Waals surface area contributed by atoms with Crippen molar-refractivity contribution in [2.75, 3.05) is 6.54 Å². The summed E-state index contributed by atoms with van der Waals surface area (Å²) >= 11 is 0. The molecule has 0 aliphatic heterocycles. The molecule has 0 saturated heterocycles. The molecule has 0 spiro atoms. The molecule has 0 aromatic carbocycles. The molecule has 0 bridgehead atoms. The Morgan fingerprint density at radius 2 is 0.838 bits per heavy atom. The van der Waals surface area contributed by atoms with Crippen molar-refractivity contribution in [3.63, 3.8) is 0 Å². The number of carboxylic acid groups (broad SMARTS) is 3. The van der Waals surface area contributed by atoms with Crippen molar-refractivity contribution in [1.82, 2.24) is 0 Å². The quantitative estimate of drug-likeness (QED) is 0.0648. The third kappa shape index (κ3) is 14.0. The van der Waals surface area contributed by atoms with Crippen LogP contribution in [0.2, 0.25) is 0 Å². The molecular weight excluding hydrogens is 470 g/mol. The molecule has 0 amide bonds. The van der Waals surface area contributed by atoms with Crippen molar-refractivity contribution in [3.05, 3.63) is 12.2 Å². The molecule has 7 heteroatoms. The number of rotatable bonds is 25. The maximum atomic E-state index is 11.8. The van der Waals surface area contributed by atoms with Crippen molar-refractivity contribution < 1.29 is 34.2 Å². The first-order chi connectivity index (χ1) is 17.6. The zero-order chi connectivity index (χ0) is 28.1. The van der Waals surface area contributed by atoms with E-state index in [1.165, 1.54) is 85.0 Å². The molecule has 0 heterocycles. The minimum absolute atomic E-state index is 0.215. The van der Waals surface area contributed by atoms with Crippen LogP contribution >= 0.6 is 0 Å². The summed E-state index contributed by atoms with van der Waals surface area (Å²) in [6.07, 6.45) is 24.9. The second-order valence-electron chi connectivity index (χ2n) is 10.8. The summed E-state index contributed by atoms with van der Waals surface area (Å²) in [5, 5.41) is 28.9. The van der Waals surface area contributed by atoms with Crippen LogP contribution in [0, 0.1) is 0 Å². The van der Waals surface area contributed by atoms with Crippen LogP contribution in [-0.4, -0.2) is 62.4 Å². The average Bonchev–Trinajstić information content (AvgIpc) is 2.86. The van der Waals surface area contributed by atoms with Crippen LogP contribution in [-0.2, 0) is 14.4 Å². The Morgan fingerprint density at radius 1 is 0.541 bits per heavy atom. The van der Waals surface area contributed by atoms with Crippen molar-refractivity contribution in [1.29, 1.82) is 0 Å². The molecule has 37 heavy (non-hydrogen) atoms. The third-order valence-corrected chi connectivity index (χ3v) is 8.04. The summed E-state index contributed by atoms with van der Waals surface area (Å²) in [7, 11) is 0. The smallest absolute Gasteiger partial charge is 0.362 e. The van der Waals surface area contributed by atoms with Gasteiger partial charge in [-0.2, -0.15) is 0 Å². The lowest BCUT2D eigenvalue weighted by molar-refractivity contribution is -0.968. The number of quaternary nitrogens is 1. The van der Waals surface area contributed by atoms with E-state index in [-0.39, 0.29) is 6.54 Å². The van der Waals surface area contributed by atoms with Crippen molar-refractivity contribution in [2.24, 2.45) is 0 Å². The second-order valence-corrected chi connectivity index (χ2v) is 10.8. The Hall–Kier alpha value is -1.89. The highest BCUT2D eigenvalue weighted by molar-refractivity contribution is 5.77. The number of nitrogens with zero attached hydrogens (tertiary/aromatic N) is 1. The van der Waals surface area contributed by atoms with Gasteiger partial charge in [-0.25, -0.2) is 14.4 Å². The van der Waals surface area contributed by atoms with Gasteiger partial charge in [0.1, 0.15) is 0 Å². The van der Waals surface area contributed by atoms with E-state index < -0.39 is 40.5 Å². The SMILES string of the molecule is CCCCCCCCCCCC/C=C\CCCCCCC[N+](C(C)C(=O)O)(C(C)C(=O)O)C(C)C(=O)O. The van der Waals surface area contributed by atoms with Gasteiger partial charge in [-0.15, -0.1) is 0 Å². The van der Waals surface area contributed by atoms with E-state index in [0.29, 0.717) is 6.42 Å². The highest BCUT2D eigenvalue weighted by atomic mass is 16.4. The molecule has 0 aromatic heterocycles. The van der Waals surface area contributed by atoms with E-state index in [1.54, 1.807) is 0 Å². The molecule has 0 aromatic rings. The van der Waals surface area contributed by atoms with Gasteiger partial charge < -0.3 is 15.3 Å². The number of hydrogen-bond acceptors (Lipinski definition) is 3. The van der Waals surface area contributed by atoms with Gasteiger partial charge in [0.2, 0.25) is 0 Å². The summed E-state index contributed by atoms with van der Waals surface area (Å²) in [6, 6.07) is -3.38. The zero-order valence-electron chi connectivity index (χ0n) is 24.1. The first-order valence-corrected chi connectivity index (χ1v) is 14.8. The topological polar surface area (TPSA) is 112 Å². The Kier molecular flexibility index (Phi) is 20.0. The van der Waals surface area contributed by atoms with Crippen molar-refractivity contribution in [2.45, 2.75) is 155 Å². The number of unbranched alkanes of at least 4 members (excludes halogenated alkanes) is 15. The summed E-state index contributed by atoms with van der Waals surface area (Å²) < 4.78 is -0.484. The largest absolute Gasteiger partial charge is 0.477 e. The molecule has 0 radical (unpaired) electrons. The van der Waals surface area contributed by atoms with Crippen LogP contribution in [0.3, 0.4) is 0 Å². The van der Waals surface area contributed by atoms with Gasteiger partial charge in [-0.3, -0.25) is 4.48 Å². The first-order valence-electron chi connectivity index (χ1n) is 14.8. The number of aliphatic carboxylic acids is 3. The number of hydrogen-bond donors (Lipinski definition) is 3. The van der Waals surface area contributed by atoms with Crippen LogP contribution in [0.25, 0.3) is 0 Å².